The van der Waals surface area contributed by atoms with Gasteiger partial charge >= 0.3 is 0 Å². The summed E-state index contributed by atoms with van der Waals surface area (Å²) in [5, 5.41) is 8.23. The molecule has 84 valence electrons. The lowest BCUT2D eigenvalue weighted by molar-refractivity contribution is 0.538. The minimum absolute atomic E-state index is 0.310. The van der Waals surface area contributed by atoms with E-state index in [1.807, 2.05) is 13.8 Å². The van der Waals surface area contributed by atoms with Crippen LogP contribution in [-0.4, -0.2) is 11.0 Å². The number of nitrogens with zero attached hydrogens (tertiary/aromatic N) is 2. The van der Waals surface area contributed by atoms with Crippen LogP contribution in [0.4, 0.5) is 0 Å². The molecule has 0 fully saturated rings. The van der Waals surface area contributed by atoms with Crippen molar-refractivity contribution in [1.29, 1.82) is 0 Å². The van der Waals surface area contributed by atoms with Gasteiger partial charge in [0.1, 0.15) is 5.00 Å². The van der Waals surface area contributed by atoms with Gasteiger partial charge in [-0.25, -0.2) is 0 Å². The molecule has 0 aliphatic rings. The first-order valence-electron chi connectivity index (χ1n) is 5.56. The minimum Gasteiger partial charge on any atom is -0.189 e. The topological polar surface area (TPSA) is 24.7 Å². The Hall–Kier alpha value is -0.110. The second-order valence-electron chi connectivity index (χ2n) is 4.32. The Labute approximate surface area is 93.1 Å². The number of azo groups is 1. The third-order valence-electron chi connectivity index (χ3n) is 1.97. The first-order chi connectivity index (χ1) is 6.45. The Morgan fingerprint density at radius 3 is 2.36 bits per heavy atom. The highest BCUT2D eigenvalue weighted by molar-refractivity contribution is 6.23. The molecule has 0 aromatic heterocycles. The molecule has 1 atom stereocenters. The lowest BCUT2D eigenvalue weighted by Gasteiger charge is -2.09. The zero-order chi connectivity index (χ0) is 11.0. The number of hydrogen-bond acceptors (Lipinski definition) is 2. The molecule has 14 heavy (non-hydrogen) atoms. The van der Waals surface area contributed by atoms with Crippen molar-refractivity contribution in [2.45, 2.75) is 70.8 Å². The molecule has 0 rings (SSSR count). The summed E-state index contributed by atoms with van der Waals surface area (Å²) in [6.07, 6.45) is 6.28. The average molecular weight is 219 g/mol. The number of unbranched alkanes of at least 4 members (excludes halogenated alkanes) is 3. The first kappa shape index (κ1) is 13.9. The van der Waals surface area contributed by atoms with E-state index in [0.29, 0.717) is 6.04 Å². The second kappa shape index (κ2) is 7.22. The predicted molar refractivity (Wildman–Crippen MR) is 63.0 cm³/mol. The van der Waals surface area contributed by atoms with Crippen LogP contribution in [0, 0.1) is 0 Å². The van der Waals surface area contributed by atoms with Crippen LogP contribution in [0.2, 0.25) is 0 Å². The van der Waals surface area contributed by atoms with E-state index in [1.54, 1.807) is 0 Å². The highest BCUT2D eigenvalue weighted by Crippen LogP contribution is 2.16. The molecule has 0 bridgehead atoms. The van der Waals surface area contributed by atoms with E-state index in [0.717, 1.165) is 6.42 Å². The molecular weight excluding hydrogens is 196 g/mol. The smallest absolute Gasteiger partial charge is 0.149 e. The fourth-order valence-corrected chi connectivity index (χ4v) is 1.20. The van der Waals surface area contributed by atoms with Crippen LogP contribution in [0.1, 0.15) is 59.8 Å². The molecule has 3 heteroatoms. The van der Waals surface area contributed by atoms with Gasteiger partial charge in [0.15, 0.2) is 0 Å². The predicted octanol–water partition coefficient (Wildman–Crippen LogP) is 4.77. The Balaban J connectivity index is 3.55. The molecule has 0 amide bonds. The molecule has 0 saturated carbocycles. The quantitative estimate of drug-likeness (QED) is 0.255. The Morgan fingerprint density at radius 1 is 1.21 bits per heavy atom. The second-order valence-corrected chi connectivity index (χ2v) is 5.25. The van der Waals surface area contributed by atoms with Gasteiger partial charge in [-0.05, 0) is 27.2 Å². The maximum atomic E-state index is 5.90. The molecule has 0 heterocycles. The fraction of sp³-hybridized carbons (Fsp3) is 1.00. The molecular formula is C11H23ClN2. The van der Waals surface area contributed by atoms with Gasteiger partial charge in [0.05, 0.1) is 6.04 Å². The fourth-order valence-electron chi connectivity index (χ4n) is 1.16. The van der Waals surface area contributed by atoms with Crippen LogP contribution in [0.25, 0.3) is 0 Å². The van der Waals surface area contributed by atoms with E-state index in [4.69, 9.17) is 11.6 Å². The largest absolute Gasteiger partial charge is 0.189 e. The van der Waals surface area contributed by atoms with Crippen molar-refractivity contribution in [2.24, 2.45) is 10.2 Å². The van der Waals surface area contributed by atoms with Crippen molar-refractivity contribution < 1.29 is 0 Å². The third-order valence-corrected chi connectivity index (χ3v) is 2.04. The molecule has 0 N–H and O–H groups in total. The van der Waals surface area contributed by atoms with E-state index in [-0.39, 0.29) is 0 Å². The molecule has 0 spiro atoms. The lowest BCUT2D eigenvalue weighted by Crippen LogP contribution is -2.06. The highest BCUT2D eigenvalue weighted by atomic mass is 35.5. The Bertz CT molecular complexity index is 161. The SMILES string of the molecule is CCCCCCC(C)/N=N/C(C)(C)Cl. The summed E-state index contributed by atoms with van der Waals surface area (Å²) in [7, 11) is 0. The summed E-state index contributed by atoms with van der Waals surface area (Å²) in [5.74, 6) is 0. The number of hydrogen-bond donors (Lipinski definition) is 0. The highest BCUT2D eigenvalue weighted by Gasteiger charge is 2.10. The average Bonchev–Trinajstić information content (AvgIpc) is 2.08. The minimum atomic E-state index is -0.544. The van der Waals surface area contributed by atoms with Crippen molar-refractivity contribution in [3.8, 4) is 0 Å². The van der Waals surface area contributed by atoms with Crippen LogP contribution >= 0.6 is 11.6 Å². The number of halogens is 1. The van der Waals surface area contributed by atoms with Gasteiger partial charge < -0.3 is 0 Å². The van der Waals surface area contributed by atoms with E-state index in [2.05, 4.69) is 24.1 Å². The molecule has 0 aliphatic heterocycles. The molecule has 0 radical (unpaired) electrons. The summed E-state index contributed by atoms with van der Waals surface area (Å²) in [4.78, 5) is -0.544. The van der Waals surface area contributed by atoms with Crippen LogP contribution in [0.15, 0.2) is 10.2 Å². The van der Waals surface area contributed by atoms with Gasteiger partial charge in [0.2, 0.25) is 0 Å². The molecule has 0 aliphatic carbocycles. The maximum Gasteiger partial charge on any atom is 0.149 e. The van der Waals surface area contributed by atoms with Crippen molar-refractivity contribution in [1.82, 2.24) is 0 Å². The van der Waals surface area contributed by atoms with Crippen molar-refractivity contribution in [3.05, 3.63) is 0 Å². The van der Waals surface area contributed by atoms with Crippen LogP contribution < -0.4 is 0 Å². The monoisotopic (exact) mass is 218 g/mol. The van der Waals surface area contributed by atoms with Crippen molar-refractivity contribution >= 4 is 11.6 Å². The van der Waals surface area contributed by atoms with Gasteiger partial charge in [-0.1, -0.05) is 44.2 Å². The van der Waals surface area contributed by atoms with Crippen LogP contribution in [-0.2, 0) is 0 Å². The van der Waals surface area contributed by atoms with Crippen molar-refractivity contribution in [2.75, 3.05) is 0 Å². The summed E-state index contributed by atoms with van der Waals surface area (Å²) in [5.41, 5.74) is 0. The van der Waals surface area contributed by atoms with Gasteiger partial charge in [-0.3, -0.25) is 0 Å². The van der Waals surface area contributed by atoms with E-state index in [1.165, 1.54) is 25.7 Å². The molecule has 0 aromatic rings. The molecule has 0 aromatic carbocycles. The summed E-state index contributed by atoms with van der Waals surface area (Å²) >= 11 is 5.90. The van der Waals surface area contributed by atoms with E-state index < -0.39 is 5.00 Å². The normalized spacial score (nSPS) is 14.9. The summed E-state index contributed by atoms with van der Waals surface area (Å²) in [6, 6.07) is 0.310. The van der Waals surface area contributed by atoms with Gasteiger partial charge in [0, 0.05) is 0 Å². The first-order valence-corrected chi connectivity index (χ1v) is 5.94. The summed E-state index contributed by atoms with van der Waals surface area (Å²) < 4.78 is 0. The zero-order valence-electron chi connectivity index (χ0n) is 9.89. The van der Waals surface area contributed by atoms with Crippen molar-refractivity contribution in [3.63, 3.8) is 0 Å². The standard InChI is InChI=1S/C11H23ClN2/c1-5-6-7-8-9-10(2)13-14-11(3,4)12/h10H,5-9H2,1-4H3/b14-13+. The van der Waals surface area contributed by atoms with Gasteiger partial charge in [-0.15, -0.1) is 0 Å². The Kier molecular flexibility index (Phi) is 7.16. The molecule has 1 unspecified atom stereocenters. The number of alkyl halides is 1. The van der Waals surface area contributed by atoms with Crippen LogP contribution in [0.5, 0.6) is 0 Å². The van der Waals surface area contributed by atoms with Crippen LogP contribution in [0.3, 0.4) is 0 Å². The summed E-state index contributed by atoms with van der Waals surface area (Å²) in [6.45, 7) is 8.01. The van der Waals surface area contributed by atoms with E-state index in [9.17, 15) is 0 Å². The Morgan fingerprint density at radius 2 is 1.86 bits per heavy atom. The van der Waals surface area contributed by atoms with Gasteiger partial charge in [-0.2, -0.15) is 10.2 Å². The lowest BCUT2D eigenvalue weighted by atomic mass is 10.1. The zero-order valence-corrected chi connectivity index (χ0v) is 10.6. The maximum absolute atomic E-state index is 5.90. The third kappa shape index (κ3) is 9.97. The van der Waals surface area contributed by atoms with E-state index >= 15 is 0 Å². The molecule has 2 nitrogen and oxygen atoms in total. The molecule has 0 saturated heterocycles. The van der Waals surface area contributed by atoms with Gasteiger partial charge in [0.25, 0.3) is 0 Å². The number of rotatable bonds is 7.